The summed E-state index contributed by atoms with van der Waals surface area (Å²) < 4.78 is 5.81. The molecule has 5 aliphatic heterocycles. The van der Waals surface area contributed by atoms with Crippen LogP contribution in [0.2, 0.25) is 0 Å². The van der Waals surface area contributed by atoms with Gasteiger partial charge in [0.2, 0.25) is 0 Å². The first kappa shape index (κ1) is 47.4. The summed E-state index contributed by atoms with van der Waals surface area (Å²) in [4.78, 5) is 29.0. The number of aliphatic imine (C=N–C) groups is 3. The third-order valence-corrected chi connectivity index (χ3v) is 13.6. The van der Waals surface area contributed by atoms with Crippen LogP contribution < -0.4 is 5.32 Å². The lowest BCUT2D eigenvalue weighted by atomic mass is 9.85. The molecule has 6 rings (SSSR count). The molecule has 0 spiro atoms. The molecule has 8 heteroatoms. The fourth-order valence-corrected chi connectivity index (χ4v) is 9.93. The highest BCUT2D eigenvalue weighted by Gasteiger charge is 2.42. The Kier molecular flexibility index (Phi) is 15.5. The summed E-state index contributed by atoms with van der Waals surface area (Å²) >= 11 is 0. The van der Waals surface area contributed by atoms with E-state index in [9.17, 15) is 15.0 Å². The van der Waals surface area contributed by atoms with E-state index >= 15 is 0 Å². The van der Waals surface area contributed by atoms with Gasteiger partial charge in [0.15, 0.2) is 0 Å². The third-order valence-electron chi connectivity index (χ3n) is 13.6. The summed E-state index contributed by atoms with van der Waals surface area (Å²) in [6, 6.07) is 0. The number of ether oxygens (including phenoxy) is 1. The number of allylic oxidation sites excluding steroid dienone is 18. The molecular formula is C55H72N4O4. The third kappa shape index (κ3) is 10.5. The van der Waals surface area contributed by atoms with Crippen molar-refractivity contribution in [2.24, 2.45) is 26.8 Å². The molecule has 3 N–H and O–H groups in total. The monoisotopic (exact) mass is 853 g/mol. The predicted octanol–water partition coefficient (Wildman–Crippen LogP) is 13.3. The van der Waals surface area contributed by atoms with E-state index in [1.807, 2.05) is 19.1 Å². The minimum absolute atomic E-state index is 0.00632. The number of aliphatic hydroxyl groups excluding tert-OH is 2. The van der Waals surface area contributed by atoms with Crippen molar-refractivity contribution in [3.63, 3.8) is 0 Å². The second-order valence-electron chi connectivity index (χ2n) is 18.6. The van der Waals surface area contributed by atoms with E-state index in [0.717, 1.165) is 135 Å². The van der Waals surface area contributed by atoms with E-state index in [4.69, 9.17) is 19.7 Å². The summed E-state index contributed by atoms with van der Waals surface area (Å²) in [6.45, 7) is 25.6. The van der Waals surface area contributed by atoms with E-state index in [1.54, 1.807) is 6.92 Å². The van der Waals surface area contributed by atoms with Crippen LogP contribution in [0.15, 0.2) is 153 Å². The van der Waals surface area contributed by atoms with Gasteiger partial charge >= 0.3 is 5.97 Å². The molecule has 1 fully saturated rings. The number of rotatable bonds is 17. The molecule has 0 aromatic heterocycles. The van der Waals surface area contributed by atoms with Crippen LogP contribution in [-0.2, 0) is 9.53 Å². The van der Waals surface area contributed by atoms with Gasteiger partial charge in [0.1, 0.15) is 12.4 Å². The van der Waals surface area contributed by atoms with E-state index in [0.29, 0.717) is 25.0 Å². The first-order valence-electron chi connectivity index (χ1n) is 23.5. The maximum atomic E-state index is 13.4. The van der Waals surface area contributed by atoms with Gasteiger partial charge < -0.3 is 20.3 Å². The van der Waals surface area contributed by atoms with Crippen LogP contribution in [0.4, 0.5) is 0 Å². The fourth-order valence-electron chi connectivity index (χ4n) is 9.93. The van der Waals surface area contributed by atoms with Crippen LogP contribution in [0.3, 0.4) is 0 Å². The minimum Gasteiger partial charge on any atom is -0.511 e. The maximum Gasteiger partial charge on any atom is 0.306 e. The lowest BCUT2D eigenvalue weighted by molar-refractivity contribution is -0.142. The lowest BCUT2D eigenvalue weighted by Gasteiger charge is -2.18. The van der Waals surface area contributed by atoms with Gasteiger partial charge in [0.25, 0.3) is 0 Å². The second kappa shape index (κ2) is 20.6. The van der Waals surface area contributed by atoms with Crippen molar-refractivity contribution in [1.82, 2.24) is 5.32 Å². The van der Waals surface area contributed by atoms with Crippen molar-refractivity contribution in [1.29, 1.82) is 0 Å². The molecule has 336 valence electrons. The quantitative estimate of drug-likeness (QED) is 0.0995. The molecule has 0 aromatic rings. The van der Waals surface area contributed by atoms with Gasteiger partial charge in [-0.1, -0.05) is 61.3 Å². The van der Waals surface area contributed by atoms with Crippen LogP contribution in [0.5, 0.6) is 0 Å². The van der Waals surface area contributed by atoms with Gasteiger partial charge in [-0.05, 0) is 166 Å². The Morgan fingerprint density at radius 2 is 1.43 bits per heavy atom. The minimum atomic E-state index is -0.724. The number of carbonyl (C=O) groups is 1. The van der Waals surface area contributed by atoms with E-state index in [2.05, 4.69) is 98.9 Å². The van der Waals surface area contributed by atoms with Gasteiger partial charge in [-0.15, -0.1) is 0 Å². The standard InChI is InChI=1S/C55H72N4O4/c1-13-40-35(8)44-29-47-50(39(12)60)37(10)53(58-47)38(11)52-36(9)42(54(59-52)43-28-48(61)51-41(14-2)46(57-55(43)51)30-45(40)56-44)24-25-49(62)63-27-26-34(7)23-17-22-33(6)21-16-20-32(5)19-15-18-31(3)4/h18,20,22,26,29-30,36,39,42,59-61H,13-17,19,21,23-25,27-28H2,1-12H3/t36-,39+,42-/m0/s1. The summed E-state index contributed by atoms with van der Waals surface area (Å²) in [6.07, 6.45) is 21.4. The highest BCUT2D eigenvalue weighted by molar-refractivity contribution is 6.21. The Labute approximate surface area is 377 Å². The Morgan fingerprint density at radius 1 is 0.794 bits per heavy atom. The Morgan fingerprint density at radius 3 is 2.05 bits per heavy atom. The van der Waals surface area contributed by atoms with Crippen LogP contribution in [-0.4, -0.2) is 46.0 Å². The maximum absolute atomic E-state index is 13.4. The van der Waals surface area contributed by atoms with Gasteiger partial charge in [-0.25, -0.2) is 15.0 Å². The van der Waals surface area contributed by atoms with Crippen LogP contribution in [0, 0.1) is 11.8 Å². The predicted molar refractivity (Wildman–Crippen MR) is 262 cm³/mol. The second-order valence-corrected chi connectivity index (χ2v) is 18.6. The van der Waals surface area contributed by atoms with Gasteiger partial charge in [0, 0.05) is 52.8 Å². The van der Waals surface area contributed by atoms with Gasteiger partial charge in [0.05, 0.1) is 40.3 Å². The summed E-state index contributed by atoms with van der Waals surface area (Å²) in [5.74, 6) is 0.0599. The van der Waals surface area contributed by atoms with Crippen molar-refractivity contribution in [2.45, 2.75) is 160 Å². The molecule has 0 radical (unpaired) electrons. The van der Waals surface area contributed by atoms with Crippen molar-refractivity contribution >= 4 is 23.1 Å². The Balaban J connectivity index is 1.20. The van der Waals surface area contributed by atoms with E-state index < -0.39 is 6.10 Å². The number of carbonyl (C=O) groups excluding carboxylic acids is 1. The SMILES string of the molecule is CCC1=C2C=C3N=C(C=C4N=C(C(C)=C5NC(=C6CC(O)=C1C6=N2)[C@@H](CCC(=O)OCC=C(C)CCC=C(C)CCC=C(C)CCC=C(C)C)[C@@H]5C)C(C)=C4[C@@H](C)O)C(C)=C3CC. The zero-order chi connectivity index (χ0) is 45.7. The van der Waals surface area contributed by atoms with Crippen molar-refractivity contribution < 1.29 is 19.7 Å². The van der Waals surface area contributed by atoms with Crippen LogP contribution in [0.25, 0.3) is 0 Å². The first-order valence-corrected chi connectivity index (χ1v) is 23.5. The highest BCUT2D eigenvalue weighted by atomic mass is 16.5. The van der Waals surface area contributed by atoms with Gasteiger partial charge in [-0.2, -0.15) is 0 Å². The number of nitrogens with zero attached hydrogens (tertiary/aromatic N) is 3. The Hall–Kier alpha value is -5.08. The summed E-state index contributed by atoms with van der Waals surface area (Å²) in [5.41, 5.74) is 20.2. The molecule has 8 nitrogen and oxygen atoms in total. The Bertz CT molecular complexity index is 2400. The van der Waals surface area contributed by atoms with Crippen molar-refractivity contribution in [3.05, 3.63) is 138 Å². The molecule has 0 aromatic carbocycles. The number of esters is 1. The van der Waals surface area contributed by atoms with Crippen molar-refractivity contribution in [2.75, 3.05) is 6.61 Å². The number of nitrogens with one attached hydrogen (secondary N) is 1. The normalized spacial score (nSPS) is 22.0. The topological polar surface area (TPSA) is 116 Å². The van der Waals surface area contributed by atoms with E-state index in [-0.39, 0.29) is 30.8 Å². The average Bonchev–Trinajstić information content (AvgIpc) is 4.00. The summed E-state index contributed by atoms with van der Waals surface area (Å²) in [5, 5.41) is 26.6. The first-order chi connectivity index (χ1) is 30.0. The molecule has 3 atom stereocenters. The number of hydrogen-bond donors (Lipinski definition) is 3. The molecule has 1 aliphatic carbocycles. The molecule has 0 saturated carbocycles. The van der Waals surface area contributed by atoms with Crippen LogP contribution in [0.1, 0.15) is 154 Å². The zero-order valence-electron chi connectivity index (χ0n) is 40.2. The molecule has 6 aliphatic rings. The van der Waals surface area contributed by atoms with Gasteiger partial charge in [-0.3, -0.25) is 4.79 Å². The highest BCUT2D eigenvalue weighted by Crippen LogP contribution is 2.48. The number of hydrogen-bond acceptors (Lipinski definition) is 8. The summed E-state index contributed by atoms with van der Waals surface area (Å²) in [7, 11) is 0. The zero-order valence-corrected chi connectivity index (χ0v) is 40.2. The van der Waals surface area contributed by atoms with Crippen molar-refractivity contribution in [3.8, 4) is 0 Å². The molecule has 1 saturated heterocycles. The molecule has 63 heavy (non-hydrogen) atoms. The largest absolute Gasteiger partial charge is 0.511 e. The number of aliphatic hydroxyl groups is 2. The molecule has 8 bridgehead atoms. The molecule has 0 unspecified atom stereocenters. The average molecular weight is 853 g/mol. The van der Waals surface area contributed by atoms with E-state index in [1.165, 1.54) is 22.3 Å². The van der Waals surface area contributed by atoms with Crippen LogP contribution >= 0.6 is 0 Å². The molecular weight excluding hydrogens is 781 g/mol. The number of fused-ring (bicyclic) bond motifs is 5. The lowest BCUT2D eigenvalue weighted by Crippen LogP contribution is -2.16. The molecule has 5 heterocycles. The fraction of sp³-hybridized carbons (Fsp3) is 0.491. The smallest absolute Gasteiger partial charge is 0.306 e. The molecule has 0 amide bonds.